The monoisotopic (exact) mass is 359 g/mol. The van der Waals surface area contributed by atoms with Crippen LogP contribution in [-0.4, -0.2) is 24.8 Å². The van der Waals surface area contributed by atoms with E-state index in [4.69, 9.17) is 9.05 Å². The summed E-state index contributed by atoms with van der Waals surface area (Å²) in [7, 11) is -3.55. The van der Waals surface area contributed by atoms with Gasteiger partial charge in [-0.05, 0) is 31.5 Å². The summed E-state index contributed by atoms with van der Waals surface area (Å²) >= 11 is 0. The molecule has 5 nitrogen and oxygen atoms in total. The average molecular weight is 359 g/mol. The van der Waals surface area contributed by atoms with Crippen LogP contribution in [0.1, 0.15) is 25.5 Å². The number of amides is 1. The first-order valence-electron chi connectivity index (χ1n) is 8.44. The summed E-state index contributed by atoms with van der Waals surface area (Å²) in [6.07, 6.45) is 0. The molecule has 2 aromatic carbocycles. The van der Waals surface area contributed by atoms with E-state index in [1.165, 1.54) is 0 Å². The van der Waals surface area contributed by atoms with Crippen LogP contribution >= 0.6 is 7.60 Å². The lowest BCUT2D eigenvalue weighted by atomic mass is 9.92. The Kier molecular flexibility index (Phi) is 5.38. The van der Waals surface area contributed by atoms with Crippen molar-refractivity contribution in [3.05, 3.63) is 66.2 Å². The Hall–Kier alpha value is -1.94. The number of anilines is 1. The van der Waals surface area contributed by atoms with Crippen molar-refractivity contribution in [3.63, 3.8) is 0 Å². The fraction of sp³-hybridized carbons (Fsp3) is 0.316. The van der Waals surface area contributed by atoms with E-state index in [0.717, 1.165) is 11.3 Å². The van der Waals surface area contributed by atoms with Crippen LogP contribution in [-0.2, 0) is 18.4 Å². The third kappa shape index (κ3) is 3.28. The zero-order valence-electron chi connectivity index (χ0n) is 14.4. The molecule has 2 aromatic rings. The van der Waals surface area contributed by atoms with Gasteiger partial charge in [-0.3, -0.25) is 9.36 Å². The van der Waals surface area contributed by atoms with Crippen molar-refractivity contribution in [2.24, 2.45) is 0 Å². The van der Waals surface area contributed by atoms with E-state index in [1.54, 1.807) is 18.7 Å². The summed E-state index contributed by atoms with van der Waals surface area (Å²) < 4.78 is 24.2. The van der Waals surface area contributed by atoms with Gasteiger partial charge in [-0.15, -0.1) is 0 Å². The molecular formula is C19H22NO4P. The molecule has 3 rings (SSSR count). The summed E-state index contributed by atoms with van der Waals surface area (Å²) in [5.74, 6) is -0.231. The van der Waals surface area contributed by atoms with Gasteiger partial charge in [0.1, 0.15) is 0 Å². The van der Waals surface area contributed by atoms with Gasteiger partial charge in [0.2, 0.25) is 5.91 Å². The molecule has 0 N–H and O–H groups in total. The Morgan fingerprint density at radius 1 is 0.920 bits per heavy atom. The minimum atomic E-state index is -3.55. The molecule has 0 bridgehead atoms. The van der Waals surface area contributed by atoms with Gasteiger partial charge in [0.25, 0.3) is 0 Å². The standard InChI is InChI=1S/C19H22NO4P/c1-3-23-25(22,24-4-2)18-17(15-11-7-5-8-12-15)20(19(18)21)16-13-9-6-10-14-16/h5-14,17-18H,3-4H2,1-2H3/t17-,18-/m1/s1. The predicted octanol–water partition coefficient (Wildman–Crippen LogP) is 4.41. The topological polar surface area (TPSA) is 55.8 Å². The van der Waals surface area contributed by atoms with Crippen molar-refractivity contribution in [3.8, 4) is 0 Å². The highest BCUT2D eigenvalue weighted by Crippen LogP contribution is 2.63. The average Bonchev–Trinajstić information content (AvgIpc) is 2.61. The van der Waals surface area contributed by atoms with Crippen molar-refractivity contribution in [1.82, 2.24) is 0 Å². The molecule has 1 saturated heterocycles. The number of carbonyl (C=O) groups excluding carboxylic acids is 1. The molecule has 0 radical (unpaired) electrons. The quantitative estimate of drug-likeness (QED) is 0.543. The van der Waals surface area contributed by atoms with Gasteiger partial charge >= 0.3 is 7.60 Å². The van der Waals surface area contributed by atoms with E-state index in [-0.39, 0.29) is 25.2 Å². The number of β-lactam (4-membered cyclic amide) rings is 1. The second-order valence-electron chi connectivity index (χ2n) is 5.72. The molecule has 132 valence electrons. The lowest BCUT2D eigenvalue weighted by molar-refractivity contribution is -0.124. The Balaban J connectivity index is 2.03. The molecule has 6 heteroatoms. The molecule has 1 aliphatic heterocycles. The highest BCUT2D eigenvalue weighted by molar-refractivity contribution is 7.56. The summed E-state index contributed by atoms with van der Waals surface area (Å²) in [6, 6.07) is 18.6. The van der Waals surface area contributed by atoms with E-state index >= 15 is 0 Å². The molecule has 1 aliphatic rings. The first-order chi connectivity index (χ1) is 12.1. The number of hydrogen-bond acceptors (Lipinski definition) is 4. The molecule has 1 amide bonds. The zero-order chi connectivity index (χ0) is 17.9. The number of rotatable bonds is 7. The van der Waals surface area contributed by atoms with Crippen molar-refractivity contribution < 1.29 is 18.4 Å². The minimum absolute atomic E-state index is 0.230. The summed E-state index contributed by atoms with van der Waals surface area (Å²) in [6.45, 7) is 3.96. The molecule has 1 heterocycles. The maximum absolute atomic E-state index is 13.3. The van der Waals surface area contributed by atoms with Crippen molar-refractivity contribution in [2.75, 3.05) is 18.1 Å². The molecular weight excluding hydrogens is 337 g/mol. The summed E-state index contributed by atoms with van der Waals surface area (Å²) in [4.78, 5) is 14.6. The summed E-state index contributed by atoms with van der Waals surface area (Å²) in [5, 5.41) is 0. The molecule has 0 unspecified atom stereocenters. The van der Waals surface area contributed by atoms with Gasteiger partial charge in [0.15, 0.2) is 5.66 Å². The minimum Gasteiger partial charge on any atom is -0.308 e. The van der Waals surface area contributed by atoms with Crippen LogP contribution in [0.5, 0.6) is 0 Å². The van der Waals surface area contributed by atoms with Crippen molar-refractivity contribution in [1.29, 1.82) is 0 Å². The molecule has 2 atom stereocenters. The number of para-hydroxylation sites is 1. The second kappa shape index (κ2) is 7.52. The van der Waals surface area contributed by atoms with Gasteiger partial charge in [0.05, 0.1) is 19.3 Å². The van der Waals surface area contributed by atoms with E-state index in [0.29, 0.717) is 0 Å². The van der Waals surface area contributed by atoms with Gasteiger partial charge in [0, 0.05) is 5.69 Å². The molecule has 25 heavy (non-hydrogen) atoms. The third-order valence-electron chi connectivity index (χ3n) is 4.20. The van der Waals surface area contributed by atoms with Crippen LogP contribution in [0.3, 0.4) is 0 Å². The molecule has 0 aromatic heterocycles. The van der Waals surface area contributed by atoms with Gasteiger partial charge in [-0.1, -0.05) is 48.5 Å². The first-order valence-corrected chi connectivity index (χ1v) is 10.1. The van der Waals surface area contributed by atoms with Crippen molar-refractivity contribution >= 4 is 19.2 Å². The smallest absolute Gasteiger partial charge is 0.308 e. The highest BCUT2D eigenvalue weighted by atomic mass is 31.2. The molecule has 0 saturated carbocycles. The van der Waals surface area contributed by atoms with E-state index in [2.05, 4.69) is 0 Å². The van der Waals surface area contributed by atoms with Crippen LogP contribution in [0, 0.1) is 0 Å². The zero-order valence-corrected chi connectivity index (χ0v) is 15.3. The van der Waals surface area contributed by atoms with Gasteiger partial charge in [-0.25, -0.2) is 0 Å². The third-order valence-corrected chi connectivity index (χ3v) is 6.62. The van der Waals surface area contributed by atoms with Crippen LogP contribution in [0.2, 0.25) is 0 Å². The van der Waals surface area contributed by atoms with E-state index in [1.807, 2.05) is 60.7 Å². The fourth-order valence-electron chi connectivity index (χ4n) is 3.20. The predicted molar refractivity (Wildman–Crippen MR) is 97.8 cm³/mol. The second-order valence-corrected chi connectivity index (χ2v) is 7.87. The number of carbonyl (C=O) groups is 1. The fourth-order valence-corrected chi connectivity index (χ4v) is 5.36. The molecule has 1 fully saturated rings. The SMILES string of the molecule is CCOP(=O)(OCC)[C@H]1C(=O)N(c2ccccc2)[C@@H]1c1ccccc1. The number of nitrogens with zero attached hydrogens (tertiary/aromatic N) is 1. The summed E-state index contributed by atoms with van der Waals surface area (Å²) in [5.41, 5.74) is 0.864. The Bertz CT molecular complexity index is 756. The lowest BCUT2D eigenvalue weighted by Crippen LogP contribution is -2.59. The number of hydrogen-bond donors (Lipinski definition) is 0. The Morgan fingerprint density at radius 3 is 1.96 bits per heavy atom. The maximum atomic E-state index is 13.3. The largest absolute Gasteiger partial charge is 0.345 e. The highest BCUT2D eigenvalue weighted by Gasteiger charge is 2.59. The van der Waals surface area contributed by atoms with Crippen LogP contribution in [0.4, 0.5) is 5.69 Å². The van der Waals surface area contributed by atoms with Gasteiger partial charge in [-0.2, -0.15) is 0 Å². The molecule has 0 aliphatic carbocycles. The maximum Gasteiger partial charge on any atom is 0.345 e. The van der Waals surface area contributed by atoms with E-state index in [9.17, 15) is 9.36 Å². The lowest BCUT2D eigenvalue weighted by Gasteiger charge is -2.48. The van der Waals surface area contributed by atoms with Crippen LogP contribution < -0.4 is 4.90 Å². The Labute approximate surface area is 148 Å². The first kappa shape index (κ1) is 17.9. The molecule has 0 spiro atoms. The van der Waals surface area contributed by atoms with Gasteiger partial charge < -0.3 is 13.9 Å². The number of benzene rings is 2. The van der Waals surface area contributed by atoms with Crippen LogP contribution in [0.25, 0.3) is 0 Å². The Morgan fingerprint density at radius 2 is 1.44 bits per heavy atom. The van der Waals surface area contributed by atoms with E-state index < -0.39 is 13.3 Å². The normalized spacial score (nSPS) is 20.4. The van der Waals surface area contributed by atoms with Crippen molar-refractivity contribution in [2.45, 2.75) is 25.5 Å². The van der Waals surface area contributed by atoms with Crippen LogP contribution in [0.15, 0.2) is 60.7 Å².